The molecule has 1 aliphatic rings. The topological polar surface area (TPSA) is 116 Å². The summed E-state index contributed by atoms with van der Waals surface area (Å²) in [5.41, 5.74) is 1.35. The number of nitrogens with one attached hydrogen (secondary N) is 1. The Morgan fingerprint density at radius 2 is 1.53 bits per heavy atom. The number of nitrogens with zero attached hydrogens (tertiary/aromatic N) is 3. The fourth-order valence-electron chi connectivity index (χ4n) is 4.31. The molecule has 3 atom stereocenters. The van der Waals surface area contributed by atoms with Crippen LogP contribution in [0.15, 0.2) is 78.1 Å². The second-order valence-corrected chi connectivity index (χ2v) is 8.21. The van der Waals surface area contributed by atoms with E-state index in [2.05, 4.69) is 15.0 Å². The zero-order valence-corrected chi connectivity index (χ0v) is 18.2. The number of aromatic nitrogens is 4. The Hall–Kier alpha value is -4.27. The van der Waals surface area contributed by atoms with Crippen molar-refractivity contribution in [3.05, 3.63) is 94.8 Å². The van der Waals surface area contributed by atoms with Crippen LogP contribution in [0, 0.1) is 11.8 Å². The molecule has 2 aromatic heterocycles. The van der Waals surface area contributed by atoms with Crippen molar-refractivity contribution in [1.29, 1.82) is 0 Å². The minimum absolute atomic E-state index is 0.0271. The summed E-state index contributed by atoms with van der Waals surface area (Å²) in [6.45, 7) is 0.327. The minimum atomic E-state index is -0.420. The first kappa shape index (κ1) is 21.6. The predicted molar refractivity (Wildman–Crippen MR) is 122 cm³/mol. The first-order valence-corrected chi connectivity index (χ1v) is 11.0. The van der Waals surface area contributed by atoms with Crippen LogP contribution in [0.3, 0.4) is 0 Å². The first-order chi connectivity index (χ1) is 16.6. The molecule has 2 heterocycles. The molecule has 0 radical (unpaired) electrons. The Labute approximate surface area is 194 Å². The van der Waals surface area contributed by atoms with Crippen molar-refractivity contribution in [3.63, 3.8) is 0 Å². The molecule has 1 aliphatic carbocycles. The van der Waals surface area contributed by atoms with Gasteiger partial charge < -0.3 is 19.0 Å². The molecule has 0 saturated heterocycles. The number of H-pyrrole nitrogens is 1. The van der Waals surface area contributed by atoms with Gasteiger partial charge in [-0.3, -0.25) is 4.79 Å². The number of fused-ring (bicyclic) bond motifs is 1. The summed E-state index contributed by atoms with van der Waals surface area (Å²) in [6, 6.07) is 17.4. The lowest BCUT2D eigenvalue weighted by Crippen LogP contribution is -2.44. The van der Waals surface area contributed by atoms with Gasteiger partial charge in [0.05, 0.1) is 37.0 Å². The number of carbonyl (C=O) groups excluding carboxylic acids is 2. The summed E-state index contributed by atoms with van der Waals surface area (Å²) < 4.78 is 13.0. The van der Waals surface area contributed by atoms with E-state index in [0.717, 1.165) is 0 Å². The number of benzene rings is 2. The van der Waals surface area contributed by atoms with E-state index in [1.54, 1.807) is 54.9 Å². The van der Waals surface area contributed by atoms with Crippen LogP contribution < -0.4 is 5.56 Å². The van der Waals surface area contributed by atoms with Crippen LogP contribution in [0.5, 0.6) is 0 Å². The average Bonchev–Trinajstić information content (AvgIpc) is 3.29. The molecule has 1 fully saturated rings. The van der Waals surface area contributed by atoms with Crippen LogP contribution in [0.25, 0.3) is 11.2 Å². The Balaban J connectivity index is 1.32. The zero-order valence-electron chi connectivity index (χ0n) is 18.2. The summed E-state index contributed by atoms with van der Waals surface area (Å²) in [4.78, 5) is 48.0. The molecule has 4 aromatic rings. The molecule has 1 saturated carbocycles. The normalized spacial score (nSPS) is 19.4. The van der Waals surface area contributed by atoms with Crippen LogP contribution in [-0.2, 0) is 9.47 Å². The number of esters is 2. The molecule has 5 rings (SSSR count). The monoisotopic (exact) mass is 458 g/mol. The highest BCUT2D eigenvalue weighted by molar-refractivity contribution is 5.89. The largest absolute Gasteiger partial charge is 0.462 e. The van der Waals surface area contributed by atoms with Crippen molar-refractivity contribution < 1.29 is 19.1 Å². The van der Waals surface area contributed by atoms with Gasteiger partial charge in [0.1, 0.15) is 0 Å². The van der Waals surface area contributed by atoms with E-state index in [-0.39, 0.29) is 42.2 Å². The van der Waals surface area contributed by atoms with Gasteiger partial charge in [-0.2, -0.15) is 0 Å². The Morgan fingerprint density at radius 3 is 2.18 bits per heavy atom. The molecule has 3 unspecified atom stereocenters. The molecule has 0 bridgehead atoms. The lowest BCUT2D eigenvalue weighted by Gasteiger charge is -2.44. The summed E-state index contributed by atoms with van der Waals surface area (Å²) in [7, 11) is 0. The van der Waals surface area contributed by atoms with Crippen molar-refractivity contribution >= 4 is 23.1 Å². The number of aromatic amines is 1. The zero-order chi connectivity index (χ0) is 23.5. The summed E-state index contributed by atoms with van der Waals surface area (Å²) in [6.07, 6.45) is 3.58. The maximum atomic E-state index is 12.5. The van der Waals surface area contributed by atoms with Gasteiger partial charge in [-0.1, -0.05) is 36.4 Å². The van der Waals surface area contributed by atoms with Gasteiger partial charge in [0.25, 0.3) is 5.56 Å². The third-order valence-electron chi connectivity index (χ3n) is 6.22. The highest BCUT2D eigenvalue weighted by atomic mass is 16.5. The number of carbonyl (C=O) groups is 2. The predicted octanol–water partition coefficient (Wildman–Crippen LogP) is 3.01. The summed E-state index contributed by atoms with van der Waals surface area (Å²) in [5, 5.41) is 0. The number of hydrogen-bond acceptors (Lipinski definition) is 7. The van der Waals surface area contributed by atoms with Crippen LogP contribution >= 0.6 is 0 Å². The Bertz CT molecular complexity index is 1370. The standard InChI is InChI=1S/C25H22N4O5/c30-23-21-22(26-14-27-23)29(15-28-21)20-11-18(12-33-24(31)16-7-3-1-4-8-16)19(20)13-34-25(32)17-9-5-2-6-10-17/h1-10,14-15,18-20H,11-13H2,(H,26,27,30). The number of hydrogen-bond donors (Lipinski definition) is 1. The molecule has 1 N–H and O–H groups in total. The van der Waals surface area contributed by atoms with E-state index >= 15 is 0 Å². The van der Waals surface area contributed by atoms with Crippen LogP contribution in [0.1, 0.15) is 33.2 Å². The van der Waals surface area contributed by atoms with Crippen molar-refractivity contribution in [3.8, 4) is 0 Å². The molecule has 2 aromatic carbocycles. The van der Waals surface area contributed by atoms with E-state index in [1.165, 1.54) is 6.33 Å². The molecule has 9 heteroatoms. The van der Waals surface area contributed by atoms with Crippen LogP contribution in [0.2, 0.25) is 0 Å². The lowest BCUT2D eigenvalue weighted by molar-refractivity contribution is -0.0308. The molecule has 172 valence electrons. The van der Waals surface area contributed by atoms with E-state index in [4.69, 9.17) is 9.47 Å². The SMILES string of the molecule is O=C(OCC1CC(n2cnc3c(=O)[nH]cnc32)C1COC(=O)c1ccccc1)c1ccccc1. The van der Waals surface area contributed by atoms with E-state index in [0.29, 0.717) is 23.2 Å². The fourth-order valence-corrected chi connectivity index (χ4v) is 4.31. The van der Waals surface area contributed by atoms with Gasteiger partial charge >= 0.3 is 11.9 Å². The minimum Gasteiger partial charge on any atom is -0.462 e. The molecule has 34 heavy (non-hydrogen) atoms. The van der Waals surface area contributed by atoms with Gasteiger partial charge in [0.2, 0.25) is 0 Å². The highest BCUT2D eigenvalue weighted by Crippen LogP contribution is 2.45. The van der Waals surface area contributed by atoms with Gasteiger partial charge in [-0.05, 0) is 30.7 Å². The van der Waals surface area contributed by atoms with E-state index in [1.807, 2.05) is 16.7 Å². The maximum absolute atomic E-state index is 12.5. The van der Waals surface area contributed by atoms with Crippen molar-refractivity contribution in [2.75, 3.05) is 13.2 Å². The van der Waals surface area contributed by atoms with Gasteiger partial charge in [0.15, 0.2) is 11.2 Å². The highest BCUT2D eigenvalue weighted by Gasteiger charge is 2.44. The third-order valence-corrected chi connectivity index (χ3v) is 6.22. The number of imidazole rings is 1. The van der Waals surface area contributed by atoms with E-state index in [9.17, 15) is 14.4 Å². The lowest BCUT2D eigenvalue weighted by atomic mass is 9.69. The van der Waals surface area contributed by atoms with Crippen LogP contribution in [-0.4, -0.2) is 44.7 Å². The fraction of sp³-hybridized carbons (Fsp3) is 0.240. The quantitative estimate of drug-likeness (QED) is 0.423. The Kier molecular flexibility index (Phi) is 5.90. The maximum Gasteiger partial charge on any atom is 0.338 e. The van der Waals surface area contributed by atoms with Crippen molar-refractivity contribution in [1.82, 2.24) is 19.5 Å². The second kappa shape index (κ2) is 9.30. The van der Waals surface area contributed by atoms with Gasteiger partial charge in [-0.15, -0.1) is 0 Å². The second-order valence-electron chi connectivity index (χ2n) is 8.21. The number of rotatable bonds is 7. The molecule has 9 nitrogen and oxygen atoms in total. The molecule has 0 spiro atoms. The molecule has 0 amide bonds. The summed E-state index contributed by atoms with van der Waals surface area (Å²) in [5.74, 6) is -0.989. The van der Waals surface area contributed by atoms with E-state index < -0.39 is 11.9 Å². The smallest absolute Gasteiger partial charge is 0.338 e. The molecular weight excluding hydrogens is 436 g/mol. The van der Waals surface area contributed by atoms with Crippen molar-refractivity contribution in [2.45, 2.75) is 12.5 Å². The van der Waals surface area contributed by atoms with Gasteiger partial charge in [0, 0.05) is 17.9 Å². The van der Waals surface area contributed by atoms with Gasteiger partial charge in [-0.25, -0.2) is 19.6 Å². The van der Waals surface area contributed by atoms with Crippen molar-refractivity contribution in [2.24, 2.45) is 11.8 Å². The number of ether oxygens (including phenoxy) is 2. The summed E-state index contributed by atoms with van der Waals surface area (Å²) >= 11 is 0. The van der Waals surface area contributed by atoms with Crippen LogP contribution in [0.4, 0.5) is 0 Å². The molecule has 0 aliphatic heterocycles. The average molecular weight is 458 g/mol. The molecular formula is C25H22N4O5. The first-order valence-electron chi connectivity index (χ1n) is 11.0. The third kappa shape index (κ3) is 4.19. The Morgan fingerprint density at radius 1 is 0.912 bits per heavy atom.